The second kappa shape index (κ2) is 9.96. The number of rotatable bonds is 3. The highest BCUT2D eigenvalue weighted by Gasteiger charge is 2.21. The fraction of sp³-hybridized carbons (Fsp3) is 0. The lowest BCUT2D eigenvalue weighted by Gasteiger charge is -2.15. The topological polar surface area (TPSA) is 23.0 Å². The third-order valence-electron chi connectivity index (χ3n) is 10.3. The van der Waals surface area contributed by atoms with Gasteiger partial charge in [-0.15, -0.1) is 0 Å². The number of fused-ring (bicyclic) bond motifs is 10. The van der Waals surface area contributed by atoms with Gasteiger partial charge >= 0.3 is 0 Å². The first-order valence-corrected chi connectivity index (χ1v) is 16.8. The Bertz CT molecular complexity index is 3120. The van der Waals surface area contributed by atoms with E-state index in [0.29, 0.717) is 0 Å². The number of nitrogens with zero attached hydrogens (tertiary/aromatic N) is 2. The van der Waals surface area contributed by atoms with Crippen molar-refractivity contribution in [3.8, 4) is 22.5 Å². The summed E-state index contributed by atoms with van der Waals surface area (Å²) < 4.78 is 11.1. The summed E-state index contributed by atoms with van der Waals surface area (Å²) in [4.78, 5) is 0. The van der Waals surface area contributed by atoms with E-state index in [1.165, 1.54) is 65.5 Å². The van der Waals surface area contributed by atoms with Crippen LogP contribution in [0.3, 0.4) is 0 Å². The van der Waals surface area contributed by atoms with Gasteiger partial charge in [-0.05, 0) is 59.3 Å². The third kappa shape index (κ3) is 3.73. The Kier molecular flexibility index (Phi) is 5.38. The molecule has 11 rings (SSSR count). The summed E-state index contributed by atoms with van der Waals surface area (Å²) in [5.74, 6) is 0. The Hall–Kier alpha value is -6.58. The van der Waals surface area contributed by atoms with Gasteiger partial charge in [0.2, 0.25) is 0 Å². The molecule has 3 nitrogen and oxygen atoms in total. The van der Waals surface area contributed by atoms with Crippen LogP contribution in [0.1, 0.15) is 0 Å². The van der Waals surface area contributed by atoms with Gasteiger partial charge in [-0.25, -0.2) is 0 Å². The second-order valence-corrected chi connectivity index (χ2v) is 12.9. The van der Waals surface area contributed by atoms with Crippen molar-refractivity contribution in [2.75, 3.05) is 0 Å². The lowest BCUT2D eigenvalue weighted by atomic mass is 9.99. The van der Waals surface area contributed by atoms with Crippen molar-refractivity contribution in [1.82, 2.24) is 9.13 Å². The molecule has 0 saturated carbocycles. The zero-order chi connectivity index (χ0) is 32.1. The molecule has 0 aliphatic rings. The third-order valence-corrected chi connectivity index (χ3v) is 10.3. The van der Waals surface area contributed by atoms with Crippen molar-refractivity contribution in [2.45, 2.75) is 0 Å². The highest BCUT2D eigenvalue weighted by Crippen LogP contribution is 2.44. The number of para-hydroxylation sites is 5. The van der Waals surface area contributed by atoms with Crippen LogP contribution in [-0.2, 0) is 0 Å². The highest BCUT2D eigenvalue weighted by atomic mass is 16.3. The van der Waals surface area contributed by atoms with Gasteiger partial charge < -0.3 is 13.6 Å². The standard InChI is InChI=1S/C46H28N2O/c1-2-12-30-27-31(24-23-29(30)11-1)47-41-20-6-3-13-33(41)36-16-9-18-38(45(36)47)39-19-10-17-37-34-14-4-7-21-42(34)48(46(37)39)32-25-26-44-40(28-32)35-15-5-8-22-43(35)49-44/h1-28H. The number of benzene rings is 8. The first-order valence-electron chi connectivity index (χ1n) is 16.8. The van der Waals surface area contributed by atoms with Crippen molar-refractivity contribution in [3.05, 3.63) is 170 Å². The zero-order valence-electron chi connectivity index (χ0n) is 26.5. The van der Waals surface area contributed by atoms with Crippen LogP contribution in [-0.4, -0.2) is 9.13 Å². The lowest BCUT2D eigenvalue weighted by molar-refractivity contribution is 0.669. The summed E-state index contributed by atoms with van der Waals surface area (Å²) >= 11 is 0. The van der Waals surface area contributed by atoms with Gasteiger partial charge in [-0.1, -0.05) is 121 Å². The molecule has 3 aromatic heterocycles. The maximum absolute atomic E-state index is 6.24. The number of hydrogen-bond donors (Lipinski definition) is 0. The Labute approximate surface area is 281 Å². The van der Waals surface area contributed by atoms with Gasteiger partial charge in [-0.2, -0.15) is 0 Å². The van der Waals surface area contributed by atoms with Crippen molar-refractivity contribution >= 4 is 76.3 Å². The van der Waals surface area contributed by atoms with Crippen LogP contribution in [0.2, 0.25) is 0 Å². The molecule has 49 heavy (non-hydrogen) atoms. The van der Waals surface area contributed by atoms with Crippen molar-refractivity contribution in [3.63, 3.8) is 0 Å². The molecule has 8 aromatic carbocycles. The Balaban J connectivity index is 1.27. The van der Waals surface area contributed by atoms with Gasteiger partial charge in [0.05, 0.1) is 22.1 Å². The molecule has 0 saturated heterocycles. The van der Waals surface area contributed by atoms with Crippen molar-refractivity contribution in [1.29, 1.82) is 0 Å². The van der Waals surface area contributed by atoms with Gasteiger partial charge in [0, 0.05) is 54.8 Å². The molecule has 0 unspecified atom stereocenters. The molecule has 0 atom stereocenters. The number of furan rings is 1. The molecule has 0 spiro atoms. The normalized spacial score (nSPS) is 12.1. The Morgan fingerprint density at radius 1 is 0.327 bits per heavy atom. The fourth-order valence-electron chi connectivity index (χ4n) is 8.18. The molecule has 0 radical (unpaired) electrons. The van der Waals surface area contributed by atoms with Gasteiger partial charge in [0.25, 0.3) is 0 Å². The zero-order valence-corrected chi connectivity index (χ0v) is 26.5. The minimum absolute atomic E-state index is 0.899. The van der Waals surface area contributed by atoms with Crippen LogP contribution in [0.15, 0.2) is 174 Å². The molecule has 0 N–H and O–H groups in total. The molecular formula is C46H28N2O. The van der Waals surface area contributed by atoms with Crippen molar-refractivity contribution < 1.29 is 4.42 Å². The molecule has 3 heterocycles. The maximum Gasteiger partial charge on any atom is 0.135 e. The first-order chi connectivity index (χ1) is 24.3. The van der Waals surface area contributed by atoms with Gasteiger partial charge in [-0.3, -0.25) is 0 Å². The summed E-state index contributed by atoms with van der Waals surface area (Å²) in [6.45, 7) is 0. The molecule has 0 aliphatic heterocycles. The van der Waals surface area contributed by atoms with Crippen LogP contribution in [0, 0.1) is 0 Å². The summed E-state index contributed by atoms with van der Waals surface area (Å²) in [5.41, 5.74) is 11.2. The van der Waals surface area contributed by atoms with Crippen LogP contribution >= 0.6 is 0 Å². The fourth-order valence-corrected chi connectivity index (χ4v) is 8.18. The van der Waals surface area contributed by atoms with E-state index in [4.69, 9.17) is 4.42 Å². The van der Waals surface area contributed by atoms with E-state index >= 15 is 0 Å². The minimum atomic E-state index is 0.899. The predicted octanol–water partition coefficient (Wildman–Crippen LogP) is 12.6. The summed E-state index contributed by atoms with van der Waals surface area (Å²) in [7, 11) is 0. The van der Waals surface area contributed by atoms with Crippen molar-refractivity contribution in [2.24, 2.45) is 0 Å². The SMILES string of the molecule is c1ccc2cc(-n3c4ccccc4c4cccc(-c5cccc6c7ccccc7n(-c7ccc8oc9ccccc9c8c7)c56)c43)ccc2c1. The lowest BCUT2D eigenvalue weighted by Crippen LogP contribution is -1.98. The first kappa shape index (κ1) is 26.5. The average molecular weight is 625 g/mol. The number of hydrogen-bond acceptors (Lipinski definition) is 1. The quantitative estimate of drug-likeness (QED) is 0.192. The maximum atomic E-state index is 6.24. The molecule has 228 valence electrons. The molecule has 0 amide bonds. The average Bonchev–Trinajstić information content (AvgIpc) is 3.82. The van der Waals surface area contributed by atoms with E-state index < -0.39 is 0 Å². The van der Waals surface area contributed by atoms with Crippen LogP contribution in [0.5, 0.6) is 0 Å². The Morgan fingerprint density at radius 2 is 0.837 bits per heavy atom. The molecule has 0 aliphatic carbocycles. The molecule has 0 fully saturated rings. The van der Waals surface area contributed by atoms with E-state index in [1.54, 1.807) is 0 Å². The van der Waals surface area contributed by atoms with E-state index in [9.17, 15) is 0 Å². The van der Waals surface area contributed by atoms with E-state index in [0.717, 1.165) is 33.3 Å². The summed E-state index contributed by atoms with van der Waals surface area (Å²) in [6, 6.07) is 61.4. The van der Waals surface area contributed by atoms with Gasteiger partial charge in [0.1, 0.15) is 11.2 Å². The summed E-state index contributed by atoms with van der Waals surface area (Å²) in [6.07, 6.45) is 0. The predicted molar refractivity (Wildman–Crippen MR) is 205 cm³/mol. The molecule has 11 aromatic rings. The largest absolute Gasteiger partial charge is 0.456 e. The molecule has 3 heteroatoms. The van der Waals surface area contributed by atoms with E-state index in [-0.39, 0.29) is 0 Å². The van der Waals surface area contributed by atoms with Crippen LogP contribution < -0.4 is 0 Å². The molecule has 0 bridgehead atoms. The Morgan fingerprint density at radius 3 is 1.53 bits per heavy atom. The van der Waals surface area contributed by atoms with E-state index in [1.807, 2.05) is 12.1 Å². The second-order valence-electron chi connectivity index (χ2n) is 12.9. The number of aromatic nitrogens is 2. The highest BCUT2D eigenvalue weighted by molar-refractivity contribution is 6.19. The molecular weight excluding hydrogens is 597 g/mol. The van der Waals surface area contributed by atoms with Gasteiger partial charge in [0.15, 0.2) is 0 Å². The monoisotopic (exact) mass is 624 g/mol. The summed E-state index contributed by atoms with van der Waals surface area (Å²) in [5, 5.41) is 9.68. The smallest absolute Gasteiger partial charge is 0.135 e. The van der Waals surface area contributed by atoms with Crippen LogP contribution in [0.4, 0.5) is 0 Å². The minimum Gasteiger partial charge on any atom is -0.456 e. The van der Waals surface area contributed by atoms with Crippen LogP contribution in [0.25, 0.3) is 98.8 Å². The van der Waals surface area contributed by atoms with E-state index in [2.05, 4.69) is 167 Å².